The second kappa shape index (κ2) is 10.1. The summed E-state index contributed by atoms with van der Waals surface area (Å²) in [7, 11) is 0. The molecule has 2 aromatic rings. The Hall–Kier alpha value is -3.35. The Kier molecular flexibility index (Phi) is 6.96. The smallest absolute Gasteiger partial charge is 0.407 e. The molecule has 2 aliphatic rings. The molecule has 2 aromatic carbocycles. The molecular formula is C26H30N2O5. The summed E-state index contributed by atoms with van der Waals surface area (Å²) in [6.45, 7) is 2.69. The molecule has 2 atom stereocenters. The van der Waals surface area contributed by atoms with Crippen LogP contribution >= 0.6 is 0 Å². The number of carbonyl (C=O) groups is 3. The van der Waals surface area contributed by atoms with Crippen LogP contribution in [-0.2, 0) is 14.3 Å². The number of ether oxygens (including phenoxy) is 1. The fraction of sp³-hybridized carbons (Fsp3) is 0.423. The number of fused-ring (bicyclic) bond motifs is 3. The van der Waals surface area contributed by atoms with E-state index in [0.717, 1.165) is 17.5 Å². The number of nitrogens with one attached hydrogen (secondary N) is 1. The van der Waals surface area contributed by atoms with Gasteiger partial charge >= 0.3 is 12.1 Å². The van der Waals surface area contributed by atoms with Crippen molar-refractivity contribution >= 4 is 18.0 Å². The van der Waals surface area contributed by atoms with Gasteiger partial charge in [-0.05, 0) is 42.0 Å². The normalized spacial score (nSPS) is 18.9. The van der Waals surface area contributed by atoms with Crippen LogP contribution in [0.25, 0.3) is 11.1 Å². The summed E-state index contributed by atoms with van der Waals surface area (Å²) in [6.07, 6.45) is 1.61. The topological polar surface area (TPSA) is 95.9 Å². The van der Waals surface area contributed by atoms with Crippen molar-refractivity contribution in [2.45, 2.75) is 44.6 Å². The first-order chi connectivity index (χ1) is 16.0. The molecule has 0 heterocycles. The summed E-state index contributed by atoms with van der Waals surface area (Å²) in [5.74, 6) is -1.39. The molecular weight excluding hydrogens is 420 g/mol. The van der Waals surface area contributed by atoms with Crippen molar-refractivity contribution < 1.29 is 24.2 Å². The van der Waals surface area contributed by atoms with Gasteiger partial charge in [-0.1, -0.05) is 55.0 Å². The van der Waals surface area contributed by atoms with E-state index in [4.69, 9.17) is 9.84 Å². The Morgan fingerprint density at radius 2 is 1.67 bits per heavy atom. The summed E-state index contributed by atoms with van der Waals surface area (Å²) in [5.41, 5.74) is 4.64. The van der Waals surface area contributed by atoms with Gasteiger partial charge in [-0.15, -0.1) is 0 Å². The molecule has 7 nitrogen and oxygen atoms in total. The van der Waals surface area contributed by atoms with E-state index in [0.29, 0.717) is 19.4 Å². The Balaban J connectivity index is 1.37. The molecule has 4 rings (SSSR count). The number of amides is 2. The molecule has 33 heavy (non-hydrogen) atoms. The fourth-order valence-corrected chi connectivity index (χ4v) is 5.11. The molecule has 0 radical (unpaired) electrons. The molecule has 2 aliphatic carbocycles. The van der Waals surface area contributed by atoms with Gasteiger partial charge in [0.05, 0.1) is 12.3 Å². The van der Waals surface area contributed by atoms with E-state index in [2.05, 4.69) is 29.6 Å². The number of aliphatic carboxylic acids is 1. The molecule has 7 heteroatoms. The first-order valence-electron chi connectivity index (χ1n) is 11.6. The molecule has 1 fully saturated rings. The third-order valence-corrected chi connectivity index (χ3v) is 6.77. The van der Waals surface area contributed by atoms with Crippen LogP contribution in [0.2, 0.25) is 0 Å². The lowest BCUT2D eigenvalue weighted by Gasteiger charge is -2.27. The SMILES string of the molecule is CCN(CCC(=O)O)C(=O)[C@@H]1CCC[C@@H]1NC(=O)OCC1c2ccccc2-c2ccccc21. The molecule has 0 spiro atoms. The minimum absolute atomic E-state index is 0.0178. The van der Waals surface area contributed by atoms with Gasteiger partial charge in [0, 0.05) is 25.0 Å². The quantitative estimate of drug-likeness (QED) is 0.633. The highest BCUT2D eigenvalue weighted by Crippen LogP contribution is 2.44. The summed E-state index contributed by atoms with van der Waals surface area (Å²) in [5, 5.41) is 11.8. The molecule has 0 unspecified atom stereocenters. The van der Waals surface area contributed by atoms with Gasteiger partial charge in [0.2, 0.25) is 5.91 Å². The third kappa shape index (κ3) is 4.87. The molecule has 2 N–H and O–H groups in total. The van der Waals surface area contributed by atoms with E-state index in [1.165, 1.54) is 11.1 Å². The molecule has 0 bridgehead atoms. The summed E-state index contributed by atoms with van der Waals surface area (Å²) in [4.78, 5) is 38.1. The van der Waals surface area contributed by atoms with Crippen LogP contribution in [0.4, 0.5) is 4.79 Å². The van der Waals surface area contributed by atoms with Crippen molar-refractivity contribution in [3.63, 3.8) is 0 Å². The Morgan fingerprint density at radius 1 is 1.03 bits per heavy atom. The third-order valence-electron chi connectivity index (χ3n) is 6.77. The van der Waals surface area contributed by atoms with E-state index in [-0.39, 0.29) is 43.4 Å². The predicted octanol–water partition coefficient (Wildman–Crippen LogP) is 4.02. The molecule has 2 amide bonds. The van der Waals surface area contributed by atoms with Crippen LogP contribution in [0.1, 0.15) is 49.7 Å². The maximum atomic E-state index is 13.0. The van der Waals surface area contributed by atoms with Crippen LogP contribution in [0, 0.1) is 5.92 Å². The van der Waals surface area contributed by atoms with Crippen LogP contribution in [-0.4, -0.2) is 53.7 Å². The van der Waals surface area contributed by atoms with Crippen molar-refractivity contribution in [3.05, 3.63) is 59.7 Å². The van der Waals surface area contributed by atoms with Gasteiger partial charge in [-0.3, -0.25) is 9.59 Å². The Bertz CT molecular complexity index is 991. The zero-order valence-electron chi connectivity index (χ0n) is 18.8. The second-order valence-electron chi connectivity index (χ2n) is 8.68. The van der Waals surface area contributed by atoms with Crippen molar-refractivity contribution in [2.24, 2.45) is 5.92 Å². The number of rotatable bonds is 8. The van der Waals surface area contributed by atoms with E-state index < -0.39 is 12.1 Å². The van der Waals surface area contributed by atoms with Gasteiger partial charge < -0.3 is 20.1 Å². The summed E-state index contributed by atoms with van der Waals surface area (Å²) < 4.78 is 5.64. The van der Waals surface area contributed by atoms with E-state index >= 15 is 0 Å². The average Bonchev–Trinajstić information content (AvgIpc) is 3.40. The predicted molar refractivity (Wildman–Crippen MR) is 124 cm³/mol. The Labute approximate surface area is 193 Å². The number of alkyl carbamates (subject to hydrolysis) is 1. The van der Waals surface area contributed by atoms with Gasteiger partial charge in [-0.2, -0.15) is 0 Å². The van der Waals surface area contributed by atoms with Crippen LogP contribution in [0.3, 0.4) is 0 Å². The highest BCUT2D eigenvalue weighted by molar-refractivity contribution is 5.82. The molecule has 1 saturated carbocycles. The van der Waals surface area contributed by atoms with Crippen molar-refractivity contribution in [1.82, 2.24) is 10.2 Å². The minimum Gasteiger partial charge on any atom is -0.481 e. The van der Waals surface area contributed by atoms with E-state index in [1.54, 1.807) is 4.90 Å². The standard InChI is InChI=1S/C26H30N2O5/c1-2-28(15-14-24(29)30)25(31)21-12-7-13-23(21)27-26(32)33-16-22-19-10-5-3-8-17(19)18-9-4-6-11-20(18)22/h3-6,8-11,21-23H,2,7,12-16H2,1H3,(H,27,32)(H,29,30)/t21-,23+/m1/s1. The summed E-state index contributed by atoms with van der Waals surface area (Å²) >= 11 is 0. The number of hydrogen-bond acceptors (Lipinski definition) is 4. The van der Waals surface area contributed by atoms with E-state index in [1.807, 2.05) is 31.2 Å². The number of carboxylic acids is 1. The zero-order valence-corrected chi connectivity index (χ0v) is 18.8. The number of hydrogen-bond donors (Lipinski definition) is 2. The lowest BCUT2D eigenvalue weighted by atomic mass is 9.98. The van der Waals surface area contributed by atoms with Crippen LogP contribution < -0.4 is 5.32 Å². The lowest BCUT2D eigenvalue weighted by molar-refractivity contribution is -0.139. The fourth-order valence-electron chi connectivity index (χ4n) is 5.11. The molecule has 0 aliphatic heterocycles. The first kappa shape index (κ1) is 22.8. The van der Waals surface area contributed by atoms with E-state index in [9.17, 15) is 14.4 Å². The maximum absolute atomic E-state index is 13.0. The number of carboxylic acid groups (broad SMARTS) is 1. The number of benzene rings is 2. The van der Waals surface area contributed by atoms with Gasteiger partial charge in [-0.25, -0.2) is 4.79 Å². The van der Waals surface area contributed by atoms with Gasteiger partial charge in [0.25, 0.3) is 0 Å². The lowest BCUT2D eigenvalue weighted by Crippen LogP contribution is -2.46. The zero-order chi connectivity index (χ0) is 23.4. The van der Waals surface area contributed by atoms with Crippen molar-refractivity contribution in [3.8, 4) is 11.1 Å². The first-order valence-corrected chi connectivity index (χ1v) is 11.6. The van der Waals surface area contributed by atoms with Gasteiger partial charge in [0.1, 0.15) is 6.61 Å². The maximum Gasteiger partial charge on any atom is 0.407 e. The second-order valence-corrected chi connectivity index (χ2v) is 8.68. The number of nitrogens with zero attached hydrogens (tertiary/aromatic N) is 1. The minimum atomic E-state index is -0.930. The molecule has 0 aromatic heterocycles. The van der Waals surface area contributed by atoms with Crippen LogP contribution in [0.5, 0.6) is 0 Å². The van der Waals surface area contributed by atoms with Crippen molar-refractivity contribution in [1.29, 1.82) is 0 Å². The average molecular weight is 451 g/mol. The van der Waals surface area contributed by atoms with Crippen LogP contribution in [0.15, 0.2) is 48.5 Å². The highest BCUT2D eigenvalue weighted by atomic mass is 16.5. The number of carbonyl (C=O) groups excluding carboxylic acids is 2. The monoisotopic (exact) mass is 450 g/mol. The molecule has 174 valence electrons. The largest absolute Gasteiger partial charge is 0.481 e. The molecule has 0 saturated heterocycles. The highest BCUT2D eigenvalue weighted by Gasteiger charge is 2.37. The van der Waals surface area contributed by atoms with Crippen molar-refractivity contribution in [2.75, 3.05) is 19.7 Å². The van der Waals surface area contributed by atoms with Gasteiger partial charge in [0.15, 0.2) is 0 Å². The summed E-state index contributed by atoms with van der Waals surface area (Å²) in [6, 6.07) is 16.0. The Morgan fingerprint density at radius 3 is 2.27 bits per heavy atom.